The van der Waals surface area contributed by atoms with Gasteiger partial charge in [0, 0.05) is 23.3 Å². The molecule has 2 aromatic carbocycles. The molecule has 0 heterocycles. The minimum atomic E-state index is -0.373. The van der Waals surface area contributed by atoms with Gasteiger partial charge in [0.25, 0.3) is 5.91 Å². The largest absolute Gasteiger partial charge is 0.494 e. The molecule has 0 unspecified atom stereocenters. The zero-order chi connectivity index (χ0) is 19.6. The van der Waals surface area contributed by atoms with E-state index in [1.54, 1.807) is 31.4 Å². The molecule has 0 aliphatic rings. The van der Waals surface area contributed by atoms with Crippen molar-refractivity contribution in [3.63, 3.8) is 0 Å². The Bertz CT molecular complexity index is 801. The van der Waals surface area contributed by atoms with Gasteiger partial charge in [-0.15, -0.1) is 0 Å². The van der Waals surface area contributed by atoms with Gasteiger partial charge in [-0.1, -0.05) is 22.0 Å². The molecule has 0 aromatic heterocycles. The fourth-order valence-electron chi connectivity index (χ4n) is 2.20. The Labute approximate surface area is 172 Å². The van der Waals surface area contributed by atoms with E-state index in [0.717, 1.165) is 15.9 Å². The van der Waals surface area contributed by atoms with Crippen molar-refractivity contribution in [1.29, 1.82) is 0 Å². The molecule has 0 saturated heterocycles. The van der Waals surface area contributed by atoms with E-state index >= 15 is 0 Å². The summed E-state index contributed by atoms with van der Waals surface area (Å²) in [4.78, 5) is 12.6. The number of carbonyl (C=O) groups excluding carboxylic acids is 1. The zero-order valence-electron chi connectivity index (χ0n) is 15.1. The molecular weight excluding hydrogens is 432 g/mol. The van der Waals surface area contributed by atoms with E-state index < -0.39 is 0 Å². The first kappa shape index (κ1) is 21.1. The summed E-state index contributed by atoms with van der Waals surface area (Å²) >= 11 is 8.61. The van der Waals surface area contributed by atoms with Gasteiger partial charge in [0.05, 0.1) is 18.8 Å². The van der Waals surface area contributed by atoms with Crippen molar-refractivity contribution in [3.8, 4) is 11.5 Å². The molecule has 0 fully saturated rings. The molecular formula is C19H21BrN2O4S. The van der Waals surface area contributed by atoms with E-state index in [0.29, 0.717) is 31.1 Å². The van der Waals surface area contributed by atoms with Gasteiger partial charge in [0.15, 0.2) is 5.11 Å². The lowest BCUT2D eigenvalue weighted by Crippen LogP contribution is -2.34. The summed E-state index contributed by atoms with van der Waals surface area (Å²) in [5, 5.41) is 5.81. The number of ether oxygens (including phenoxy) is 3. The number of carbonyl (C=O) groups is 1. The SMILES string of the molecule is CCOc1cccc(NC(=S)NC(=O)c2cc(Br)ccc2OCCOC)c1. The summed E-state index contributed by atoms with van der Waals surface area (Å²) in [5.41, 5.74) is 1.09. The molecule has 144 valence electrons. The molecule has 0 aliphatic heterocycles. The molecule has 1 amide bonds. The van der Waals surface area contributed by atoms with Gasteiger partial charge in [0.2, 0.25) is 0 Å². The van der Waals surface area contributed by atoms with Crippen LogP contribution in [0.3, 0.4) is 0 Å². The Morgan fingerprint density at radius 3 is 2.70 bits per heavy atom. The number of anilines is 1. The number of halogens is 1. The van der Waals surface area contributed by atoms with Gasteiger partial charge < -0.3 is 19.5 Å². The van der Waals surface area contributed by atoms with Crippen LogP contribution >= 0.6 is 28.1 Å². The van der Waals surface area contributed by atoms with E-state index in [-0.39, 0.29) is 11.0 Å². The lowest BCUT2D eigenvalue weighted by Gasteiger charge is -2.14. The van der Waals surface area contributed by atoms with Gasteiger partial charge in [-0.05, 0) is 49.5 Å². The van der Waals surface area contributed by atoms with Crippen molar-refractivity contribution >= 4 is 44.9 Å². The van der Waals surface area contributed by atoms with E-state index in [9.17, 15) is 4.79 Å². The molecule has 0 radical (unpaired) electrons. The third kappa shape index (κ3) is 6.82. The Morgan fingerprint density at radius 1 is 1.15 bits per heavy atom. The minimum Gasteiger partial charge on any atom is -0.494 e. The van der Waals surface area contributed by atoms with Crippen LogP contribution in [-0.2, 0) is 4.74 Å². The predicted octanol–water partition coefficient (Wildman–Crippen LogP) is 4.00. The van der Waals surface area contributed by atoms with Gasteiger partial charge in [-0.2, -0.15) is 0 Å². The van der Waals surface area contributed by atoms with Gasteiger partial charge >= 0.3 is 0 Å². The van der Waals surface area contributed by atoms with Crippen LogP contribution in [0.15, 0.2) is 46.9 Å². The summed E-state index contributed by atoms with van der Waals surface area (Å²) in [6, 6.07) is 12.5. The van der Waals surface area contributed by atoms with Crippen molar-refractivity contribution in [2.24, 2.45) is 0 Å². The molecule has 2 rings (SSSR count). The highest BCUT2D eigenvalue weighted by Gasteiger charge is 2.15. The fourth-order valence-corrected chi connectivity index (χ4v) is 2.78. The molecule has 0 saturated carbocycles. The second kappa shape index (κ2) is 10.9. The van der Waals surface area contributed by atoms with Gasteiger partial charge in [-0.3, -0.25) is 10.1 Å². The molecule has 0 aliphatic carbocycles. The second-order valence-electron chi connectivity index (χ2n) is 5.35. The fraction of sp³-hybridized carbons (Fsp3) is 0.263. The number of hydrogen-bond acceptors (Lipinski definition) is 5. The third-order valence-electron chi connectivity index (χ3n) is 3.36. The number of nitrogens with one attached hydrogen (secondary N) is 2. The number of thiocarbonyl (C=S) groups is 1. The maximum absolute atomic E-state index is 12.6. The number of benzene rings is 2. The van der Waals surface area contributed by atoms with Crippen LogP contribution in [-0.4, -0.2) is 38.0 Å². The first-order valence-corrected chi connectivity index (χ1v) is 9.50. The summed E-state index contributed by atoms with van der Waals surface area (Å²) in [7, 11) is 1.59. The molecule has 2 aromatic rings. The minimum absolute atomic E-state index is 0.177. The van der Waals surface area contributed by atoms with Crippen molar-refractivity contribution in [2.45, 2.75) is 6.92 Å². The maximum atomic E-state index is 12.6. The van der Waals surface area contributed by atoms with Crippen LogP contribution in [0.4, 0.5) is 5.69 Å². The molecule has 0 atom stereocenters. The monoisotopic (exact) mass is 452 g/mol. The highest BCUT2D eigenvalue weighted by Crippen LogP contribution is 2.23. The molecule has 6 nitrogen and oxygen atoms in total. The third-order valence-corrected chi connectivity index (χ3v) is 4.06. The van der Waals surface area contributed by atoms with E-state index in [2.05, 4.69) is 26.6 Å². The van der Waals surface area contributed by atoms with Crippen LogP contribution in [0.2, 0.25) is 0 Å². The Morgan fingerprint density at radius 2 is 1.96 bits per heavy atom. The Balaban J connectivity index is 2.04. The standard InChI is InChI=1S/C19H21BrN2O4S/c1-3-25-15-6-4-5-14(12-15)21-19(27)22-18(23)16-11-13(20)7-8-17(16)26-10-9-24-2/h4-8,11-12H,3,9-10H2,1-2H3,(H2,21,22,23,27). The average Bonchev–Trinajstić information content (AvgIpc) is 2.63. The topological polar surface area (TPSA) is 68.8 Å². The Kier molecular flexibility index (Phi) is 8.50. The quantitative estimate of drug-likeness (QED) is 0.465. The molecule has 2 N–H and O–H groups in total. The highest BCUT2D eigenvalue weighted by atomic mass is 79.9. The zero-order valence-corrected chi connectivity index (χ0v) is 17.5. The molecule has 0 spiro atoms. The number of rotatable bonds is 8. The maximum Gasteiger partial charge on any atom is 0.261 e. The lowest BCUT2D eigenvalue weighted by molar-refractivity contribution is 0.0969. The van der Waals surface area contributed by atoms with E-state index in [4.69, 9.17) is 26.4 Å². The van der Waals surface area contributed by atoms with E-state index in [1.165, 1.54) is 0 Å². The van der Waals surface area contributed by atoms with Crippen LogP contribution in [0.25, 0.3) is 0 Å². The van der Waals surface area contributed by atoms with Crippen molar-refractivity contribution in [2.75, 3.05) is 32.2 Å². The van der Waals surface area contributed by atoms with Gasteiger partial charge in [-0.25, -0.2) is 0 Å². The predicted molar refractivity (Wildman–Crippen MR) is 113 cm³/mol. The summed E-state index contributed by atoms with van der Waals surface area (Å²) in [6.07, 6.45) is 0. The van der Waals surface area contributed by atoms with Crippen LogP contribution in [0.5, 0.6) is 11.5 Å². The van der Waals surface area contributed by atoms with Crippen LogP contribution < -0.4 is 20.1 Å². The van der Waals surface area contributed by atoms with Crippen molar-refractivity contribution in [3.05, 3.63) is 52.5 Å². The summed E-state index contributed by atoms with van der Waals surface area (Å²) < 4.78 is 16.8. The number of hydrogen-bond donors (Lipinski definition) is 2. The summed E-state index contributed by atoms with van der Waals surface area (Å²) in [6.45, 7) is 3.24. The lowest BCUT2D eigenvalue weighted by atomic mass is 10.2. The van der Waals surface area contributed by atoms with Crippen molar-refractivity contribution < 1.29 is 19.0 Å². The smallest absolute Gasteiger partial charge is 0.261 e. The Hall–Kier alpha value is -2.16. The highest BCUT2D eigenvalue weighted by molar-refractivity contribution is 9.10. The second-order valence-corrected chi connectivity index (χ2v) is 6.67. The average molecular weight is 453 g/mol. The van der Waals surface area contributed by atoms with Gasteiger partial charge in [0.1, 0.15) is 18.1 Å². The first-order chi connectivity index (χ1) is 13.0. The normalized spacial score (nSPS) is 10.2. The molecule has 8 heteroatoms. The number of methoxy groups -OCH3 is 1. The van der Waals surface area contributed by atoms with E-state index in [1.807, 2.05) is 25.1 Å². The van der Waals surface area contributed by atoms with Crippen molar-refractivity contribution in [1.82, 2.24) is 5.32 Å². The van der Waals surface area contributed by atoms with Crippen LogP contribution in [0, 0.1) is 0 Å². The number of amides is 1. The first-order valence-electron chi connectivity index (χ1n) is 8.30. The summed E-state index contributed by atoms with van der Waals surface area (Å²) in [5.74, 6) is 0.800. The molecule has 0 bridgehead atoms. The molecule has 27 heavy (non-hydrogen) atoms. The van der Waals surface area contributed by atoms with Crippen LogP contribution in [0.1, 0.15) is 17.3 Å².